The first-order valence-electron chi connectivity index (χ1n) is 31.3. The molecule has 2 saturated heterocycles. The van der Waals surface area contributed by atoms with Crippen molar-refractivity contribution in [2.24, 2.45) is 35.5 Å². The molecule has 20 nitrogen and oxygen atoms in total. The number of Topliss-reactive ketones (excluding diaryl/α,β-unsaturated/α-hetero) is 3. The number of piperidine rings is 1. The molecule has 1 saturated carbocycles. The van der Waals surface area contributed by atoms with Crippen molar-refractivity contribution < 1.29 is 91.1 Å². The zero-order valence-corrected chi connectivity index (χ0v) is 53.0. The second kappa shape index (κ2) is 39.1. The van der Waals surface area contributed by atoms with Crippen LogP contribution in [0.25, 0.3) is 0 Å². The number of esters is 2. The molecule has 85 heavy (non-hydrogen) atoms. The number of fused-ring (bicyclic) bond motifs is 3. The summed E-state index contributed by atoms with van der Waals surface area (Å²) in [6.07, 6.45) is 11.2. The Kier molecular flexibility index (Phi) is 33.7. The average molecular weight is 1200 g/mol. The first kappa shape index (κ1) is 73.4. The molecule has 1 aliphatic carbocycles. The molecule has 4 aliphatic rings. The number of carbonyl (C=O) groups excluding carboxylic acids is 6. The summed E-state index contributed by atoms with van der Waals surface area (Å²) in [7, 11) is 4.52. The van der Waals surface area contributed by atoms with Crippen molar-refractivity contribution in [3.05, 3.63) is 47.6 Å². The van der Waals surface area contributed by atoms with Crippen LogP contribution in [0.3, 0.4) is 0 Å². The fourth-order valence-corrected chi connectivity index (χ4v) is 11.8. The summed E-state index contributed by atoms with van der Waals surface area (Å²) in [5.41, 5.74) is 1.23. The normalized spacial score (nSPS) is 33.6. The van der Waals surface area contributed by atoms with E-state index < -0.39 is 95.9 Å². The van der Waals surface area contributed by atoms with Crippen molar-refractivity contribution in [2.45, 2.75) is 200 Å². The van der Waals surface area contributed by atoms with Gasteiger partial charge in [0.2, 0.25) is 5.79 Å². The lowest BCUT2D eigenvalue weighted by atomic mass is 9.78. The van der Waals surface area contributed by atoms with E-state index in [4.69, 9.17) is 52.1 Å². The van der Waals surface area contributed by atoms with Gasteiger partial charge < -0.3 is 67.2 Å². The minimum absolute atomic E-state index is 0.00341. The number of aliphatic hydroxyl groups excluding tert-OH is 1. The van der Waals surface area contributed by atoms with Gasteiger partial charge in [0, 0.05) is 78.1 Å². The number of carbonyl (C=O) groups is 6. The molecular weight excluding hydrogens is 1100 g/mol. The number of amides is 1. The van der Waals surface area contributed by atoms with Crippen LogP contribution in [0.4, 0.5) is 0 Å². The maximum Gasteiger partial charge on any atom is 0.329 e. The third kappa shape index (κ3) is 24.1. The van der Waals surface area contributed by atoms with Crippen molar-refractivity contribution in [3.63, 3.8) is 0 Å². The van der Waals surface area contributed by atoms with Gasteiger partial charge in [0.1, 0.15) is 36.2 Å². The SMILES string of the molecule is CCOCCOCCOCCOCCOCCCC(=O)O[C@@H]1CC[C@@H](C[C@@H](C)[C@@H]2CC(=O)[C@H](C)/C=C(\C)[C@@H](O)[C@@H](OC)C(=O)[C@H](C)C[C@H](C)/C=C/C=C/C=C(\C)[C@@H](OC)C[C@@H]3CC[C@@H](C)[C@@](O)(O3)C(=O)C(=O)N3CCCC[C@H]3C(=O)O2)C[C@H]1OC. The van der Waals surface area contributed by atoms with Crippen molar-refractivity contribution in [1.29, 1.82) is 0 Å². The van der Waals surface area contributed by atoms with Gasteiger partial charge in [-0.05, 0) is 120 Å². The van der Waals surface area contributed by atoms with Gasteiger partial charge >= 0.3 is 11.9 Å². The molecule has 0 aromatic heterocycles. The highest BCUT2D eigenvalue weighted by Gasteiger charge is 2.53. The molecule has 0 radical (unpaired) electrons. The molecule has 20 heteroatoms. The van der Waals surface area contributed by atoms with Crippen molar-refractivity contribution in [1.82, 2.24) is 4.90 Å². The third-order valence-electron chi connectivity index (χ3n) is 17.1. The van der Waals surface area contributed by atoms with Gasteiger partial charge in [-0.2, -0.15) is 0 Å². The number of ether oxygens (including phenoxy) is 11. The molecule has 2 N–H and O–H groups in total. The molecule has 3 fully saturated rings. The number of aliphatic hydroxyl groups is 2. The molecule has 0 spiro atoms. The van der Waals surface area contributed by atoms with Crippen molar-refractivity contribution in [2.75, 3.05) is 93.9 Å². The van der Waals surface area contributed by atoms with Crippen LogP contribution in [0.1, 0.15) is 145 Å². The summed E-state index contributed by atoms with van der Waals surface area (Å²) in [5.74, 6) is -8.76. The van der Waals surface area contributed by atoms with Crippen molar-refractivity contribution >= 4 is 35.2 Å². The predicted molar refractivity (Wildman–Crippen MR) is 318 cm³/mol. The van der Waals surface area contributed by atoms with Gasteiger partial charge in [-0.3, -0.25) is 24.0 Å². The Balaban J connectivity index is 1.48. The lowest BCUT2D eigenvalue weighted by Crippen LogP contribution is -2.61. The minimum Gasteiger partial charge on any atom is -0.460 e. The van der Waals surface area contributed by atoms with Gasteiger partial charge in [0.25, 0.3) is 11.7 Å². The Morgan fingerprint density at radius 1 is 0.753 bits per heavy atom. The summed E-state index contributed by atoms with van der Waals surface area (Å²) in [6, 6.07) is -1.19. The molecule has 0 aromatic carbocycles. The van der Waals surface area contributed by atoms with Crippen LogP contribution in [-0.2, 0) is 80.9 Å². The van der Waals surface area contributed by atoms with Crippen LogP contribution >= 0.6 is 0 Å². The lowest BCUT2D eigenvalue weighted by molar-refractivity contribution is -0.265. The monoisotopic (exact) mass is 1200 g/mol. The van der Waals surface area contributed by atoms with E-state index in [1.54, 1.807) is 41.1 Å². The van der Waals surface area contributed by atoms with Crippen LogP contribution in [0.15, 0.2) is 47.6 Å². The quantitative estimate of drug-likeness (QED) is 0.0408. The van der Waals surface area contributed by atoms with E-state index in [9.17, 15) is 39.0 Å². The number of hydrogen-bond donors (Lipinski definition) is 2. The molecule has 3 heterocycles. The number of rotatable bonds is 24. The lowest BCUT2D eigenvalue weighted by Gasteiger charge is -2.42. The van der Waals surface area contributed by atoms with Crippen LogP contribution < -0.4 is 0 Å². The van der Waals surface area contributed by atoms with Crippen LogP contribution in [0.5, 0.6) is 0 Å². The van der Waals surface area contributed by atoms with E-state index in [1.807, 2.05) is 65.0 Å². The van der Waals surface area contributed by atoms with Crippen LogP contribution in [-0.4, -0.2) is 199 Å². The molecule has 0 unspecified atom stereocenters. The van der Waals surface area contributed by atoms with Gasteiger partial charge in [0.15, 0.2) is 5.78 Å². The summed E-state index contributed by atoms with van der Waals surface area (Å²) in [6.45, 7) is 19.3. The molecule has 1 amide bonds. The smallest absolute Gasteiger partial charge is 0.329 e. The first-order chi connectivity index (χ1) is 40.7. The fraction of sp³-hybridized carbons (Fsp3) is 0.785. The Morgan fingerprint density at radius 3 is 2.05 bits per heavy atom. The standard InChI is InChI=1S/C65H105NO19/c1-12-78-29-30-80-33-34-82-36-35-81-32-31-79-28-18-22-58(68)83-54-26-24-50(40-57(54)76-10)39-46(5)56-42-53(67)45(4)38-48(7)60(70)61(77-11)59(69)47(6)37-43(2)19-14-13-15-20-44(3)55(75-9)41-51-25-23-49(8)65(74,85-51)62(71)63(72)66-27-17-16-21-52(66)64(73)84-56/h13-15,19-20,38,43,45-47,49-52,54-57,60-61,70,74H,12,16-18,21-37,39-42H2,1-11H3/b15-13+,19-14+,44-20+,48-38+/t43-,45-,46-,47-,49-,50+,51+,52+,54-,55+,56+,57-,60-,61+,65-/m1/s1. The highest BCUT2D eigenvalue weighted by molar-refractivity contribution is 6.39. The third-order valence-corrected chi connectivity index (χ3v) is 17.1. The Labute approximate surface area is 506 Å². The van der Waals surface area contributed by atoms with Gasteiger partial charge in [-0.25, -0.2) is 4.79 Å². The highest BCUT2D eigenvalue weighted by Crippen LogP contribution is 2.38. The number of allylic oxidation sites excluding steroid dienone is 6. The predicted octanol–water partition coefficient (Wildman–Crippen LogP) is 7.61. The summed E-state index contributed by atoms with van der Waals surface area (Å²) in [5, 5.41) is 23.6. The molecule has 2 bridgehead atoms. The first-order valence-corrected chi connectivity index (χ1v) is 31.3. The van der Waals surface area contributed by atoms with E-state index in [2.05, 4.69) is 0 Å². The summed E-state index contributed by atoms with van der Waals surface area (Å²) >= 11 is 0. The van der Waals surface area contributed by atoms with E-state index >= 15 is 0 Å². The molecule has 4 rings (SSSR count). The number of ketones is 3. The minimum atomic E-state index is -2.46. The summed E-state index contributed by atoms with van der Waals surface area (Å²) in [4.78, 5) is 86.0. The van der Waals surface area contributed by atoms with Gasteiger partial charge in [0.05, 0.1) is 71.2 Å². The number of nitrogens with zero attached hydrogens (tertiary/aromatic N) is 1. The van der Waals surface area contributed by atoms with Gasteiger partial charge in [-0.1, -0.05) is 71.1 Å². The number of methoxy groups -OCH3 is 3. The van der Waals surface area contributed by atoms with Crippen LogP contribution in [0, 0.1) is 35.5 Å². The molecule has 484 valence electrons. The van der Waals surface area contributed by atoms with Gasteiger partial charge in [-0.15, -0.1) is 0 Å². The Hall–Kier alpha value is -4.06. The average Bonchev–Trinajstić information content (AvgIpc) is 2.10. The summed E-state index contributed by atoms with van der Waals surface area (Å²) < 4.78 is 63.3. The highest BCUT2D eigenvalue weighted by atomic mass is 16.6. The van der Waals surface area contributed by atoms with E-state index in [0.717, 1.165) is 5.57 Å². The van der Waals surface area contributed by atoms with Crippen LogP contribution in [0.2, 0.25) is 0 Å². The molecule has 3 aliphatic heterocycles. The Morgan fingerprint density at radius 2 is 1.41 bits per heavy atom. The van der Waals surface area contributed by atoms with E-state index in [1.165, 1.54) is 12.0 Å². The second-order valence-electron chi connectivity index (χ2n) is 23.8. The largest absolute Gasteiger partial charge is 0.460 e. The Bertz CT molecular complexity index is 2180. The number of cyclic esters (lactones) is 1. The van der Waals surface area contributed by atoms with E-state index in [-0.39, 0.29) is 55.2 Å². The topological polar surface area (TPSA) is 248 Å². The van der Waals surface area contributed by atoms with Crippen molar-refractivity contribution in [3.8, 4) is 0 Å². The zero-order valence-electron chi connectivity index (χ0n) is 53.0. The fourth-order valence-electron chi connectivity index (χ4n) is 11.8. The maximum atomic E-state index is 14.7. The van der Waals surface area contributed by atoms with E-state index in [0.29, 0.717) is 142 Å². The molecular formula is C65H105NO19. The zero-order chi connectivity index (χ0) is 62.5. The number of hydrogen-bond acceptors (Lipinski definition) is 19. The molecule has 0 aromatic rings. The second-order valence-corrected chi connectivity index (χ2v) is 23.8. The maximum absolute atomic E-state index is 14.7. The molecule has 15 atom stereocenters.